The number of amides is 1. The van der Waals surface area contributed by atoms with Gasteiger partial charge in [-0.2, -0.15) is 0 Å². The maximum absolute atomic E-state index is 13.6. The fraction of sp³-hybridized carbons (Fsp3) is 0.417. The zero-order valence-corrected chi connectivity index (χ0v) is 10.0. The molecule has 3 N–H and O–H groups in total. The number of carbonyl (C=O) groups is 1. The van der Waals surface area contributed by atoms with Crippen molar-refractivity contribution in [3.63, 3.8) is 0 Å². The summed E-state index contributed by atoms with van der Waals surface area (Å²) in [5, 5.41) is 2.88. The molecule has 2 rings (SSSR count). The molecule has 0 spiro atoms. The number of likely N-dealkylation sites (N-methyl/N-ethyl adjacent to an activating group) is 1. The molecule has 0 aromatic heterocycles. The largest absolute Gasteiger partial charge is 0.397 e. The summed E-state index contributed by atoms with van der Waals surface area (Å²) in [5.41, 5.74) is 5.76. The molecular formula is C12H15F2N3O. The van der Waals surface area contributed by atoms with Crippen molar-refractivity contribution in [1.82, 2.24) is 4.90 Å². The zero-order valence-electron chi connectivity index (χ0n) is 10.0. The summed E-state index contributed by atoms with van der Waals surface area (Å²) in [6.07, 6.45) is 0.976. The molecule has 4 nitrogen and oxygen atoms in total. The molecule has 1 atom stereocenters. The first-order chi connectivity index (χ1) is 8.49. The van der Waals surface area contributed by atoms with E-state index in [-0.39, 0.29) is 23.3 Å². The van der Waals surface area contributed by atoms with Gasteiger partial charge in [0.1, 0.15) is 0 Å². The van der Waals surface area contributed by atoms with E-state index in [4.69, 9.17) is 5.73 Å². The number of benzene rings is 1. The topological polar surface area (TPSA) is 58.4 Å². The van der Waals surface area contributed by atoms with E-state index in [0.29, 0.717) is 19.4 Å². The second kappa shape index (κ2) is 4.80. The molecule has 1 amide bonds. The summed E-state index contributed by atoms with van der Waals surface area (Å²) in [5.74, 6) is -1.86. The van der Waals surface area contributed by atoms with Crippen LogP contribution in [0.4, 0.5) is 20.2 Å². The number of piperidine rings is 1. The van der Waals surface area contributed by atoms with Crippen LogP contribution in [0.25, 0.3) is 0 Å². The third-order valence-corrected chi connectivity index (χ3v) is 3.10. The van der Waals surface area contributed by atoms with Crippen LogP contribution in [0.15, 0.2) is 12.1 Å². The molecule has 0 radical (unpaired) electrons. The van der Waals surface area contributed by atoms with E-state index in [1.165, 1.54) is 6.07 Å². The first-order valence-electron chi connectivity index (χ1n) is 5.73. The minimum atomic E-state index is -0.977. The number of rotatable bonds is 2. The van der Waals surface area contributed by atoms with Crippen LogP contribution in [0.3, 0.4) is 0 Å². The Morgan fingerprint density at radius 3 is 2.83 bits per heavy atom. The van der Waals surface area contributed by atoms with Gasteiger partial charge >= 0.3 is 0 Å². The van der Waals surface area contributed by atoms with E-state index in [0.717, 1.165) is 6.07 Å². The lowest BCUT2D eigenvalue weighted by Crippen LogP contribution is -2.43. The number of nitrogens with two attached hydrogens (primary N) is 1. The molecule has 0 bridgehead atoms. The molecule has 1 saturated heterocycles. The molecule has 0 saturated carbocycles. The van der Waals surface area contributed by atoms with Crippen LogP contribution in [-0.2, 0) is 4.79 Å². The smallest absolute Gasteiger partial charge is 0.222 e. The van der Waals surface area contributed by atoms with Gasteiger partial charge in [0.2, 0.25) is 5.91 Å². The fourth-order valence-electron chi connectivity index (χ4n) is 2.05. The average molecular weight is 255 g/mol. The Bertz CT molecular complexity index is 479. The van der Waals surface area contributed by atoms with Crippen LogP contribution in [0.2, 0.25) is 0 Å². The number of anilines is 2. The molecule has 1 aromatic rings. The maximum Gasteiger partial charge on any atom is 0.222 e. The van der Waals surface area contributed by atoms with Crippen LogP contribution < -0.4 is 11.1 Å². The standard InChI is InChI=1S/C12H15F2N3O/c1-17-6-7(2-5-10(17)18)16-12-9(15)4-3-8(13)11(12)14/h3-4,7,16H,2,5-6,15H2,1H3. The van der Waals surface area contributed by atoms with Crippen molar-refractivity contribution in [1.29, 1.82) is 0 Å². The number of hydrogen-bond donors (Lipinski definition) is 2. The maximum atomic E-state index is 13.6. The Morgan fingerprint density at radius 2 is 2.17 bits per heavy atom. The Balaban J connectivity index is 2.15. The van der Waals surface area contributed by atoms with Crippen molar-refractivity contribution in [3.05, 3.63) is 23.8 Å². The van der Waals surface area contributed by atoms with E-state index >= 15 is 0 Å². The van der Waals surface area contributed by atoms with E-state index in [9.17, 15) is 13.6 Å². The molecule has 0 aliphatic carbocycles. The van der Waals surface area contributed by atoms with E-state index in [2.05, 4.69) is 5.32 Å². The van der Waals surface area contributed by atoms with Gasteiger partial charge in [-0.15, -0.1) is 0 Å². The number of likely N-dealkylation sites (tertiary alicyclic amines) is 1. The van der Waals surface area contributed by atoms with Crippen molar-refractivity contribution >= 4 is 17.3 Å². The molecule has 1 aliphatic heterocycles. The SMILES string of the molecule is CN1CC(Nc2c(N)ccc(F)c2F)CCC1=O. The lowest BCUT2D eigenvalue weighted by molar-refractivity contribution is -0.132. The highest BCUT2D eigenvalue weighted by Crippen LogP contribution is 2.26. The Morgan fingerprint density at radius 1 is 1.44 bits per heavy atom. The first-order valence-corrected chi connectivity index (χ1v) is 5.73. The third kappa shape index (κ3) is 2.37. The van der Waals surface area contributed by atoms with Crippen LogP contribution in [0.5, 0.6) is 0 Å². The molecule has 1 aromatic carbocycles. The molecule has 1 aliphatic rings. The summed E-state index contributed by atoms with van der Waals surface area (Å²) in [6.45, 7) is 0.453. The van der Waals surface area contributed by atoms with Crippen LogP contribution in [0.1, 0.15) is 12.8 Å². The number of hydrogen-bond acceptors (Lipinski definition) is 3. The highest BCUT2D eigenvalue weighted by Gasteiger charge is 2.24. The monoisotopic (exact) mass is 255 g/mol. The van der Waals surface area contributed by atoms with Gasteiger partial charge in [0.05, 0.1) is 11.4 Å². The normalized spacial score (nSPS) is 20.1. The van der Waals surface area contributed by atoms with Gasteiger partial charge in [0, 0.05) is 26.1 Å². The van der Waals surface area contributed by atoms with Crippen molar-refractivity contribution in [2.45, 2.75) is 18.9 Å². The van der Waals surface area contributed by atoms with Gasteiger partial charge in [0.15, 0.2) is 11.6 Å². The summed E-state index contributed by atoms with van der Waals surface area (Å²) < 4.78 is 26.7. The van der Waals surface area contributed by atoms with E-state index < -0.39 is 11.6 Å². The number of carbonyl (C=O) groups excluding carboxylic acids is 1. The van der Waals surface area contributed by atoms with Gasteiger partial charge < -0.3 is 16.0 Å². The van der Waals surface area contributed by atoms with Crippen LogP contribution in [-0.4, -0.2) is 30.4 Å². The third-order valence-electron chi connectivity index (χ3n) is 3.10. The Hall–Kier alpha value is -1.85. The van der Waals surface area contributed by atoms with Crippen molar-refractivity contribution in [2.24, 2.45) is 0 Å². The molecule has 1 unspecified atom stereocenters. The van der Waals surface area contributed by atoms with Crippen molar-refractivity contribution in [2.75, 3.05) is 24.6 Å². The number of nitrogen functional groups attached to an aromatic ring is 1. The highest BCUT2D eigenvalue weighted by molar-refractivity contribution is 5.77. The Labute approximate surface area is 104 Å². The predicted molar refractivity (Wildman–Crippen MR) is 65.1 cm³/mol. The quantitative estimate of drug-likeness (QED) is 0.789. The summed E-state index contributed by atoms with van der Waals surface area (Å²) in [4.78, 5) is 12.9. The van der Waals surface area contributed by atoms with Gasteiger partial charge in [-0.1, -0.05) is 0 Å². The van der Waals surface area contributed by atoms with Crippen LogP contribution in [0, 0.1) is 11.6 Å². The molecule has 98 valence electrons. The second-order valence-corrected chi connectivity index (χ2v) is 4.48. The van der Waals surface area contributed by atoms with Gasteiger partial charge in [-0.3, -0.25) is 4.79 Å². The van der Waals surface area contributed by atoms with E-state index in [1.807, 2.05) is 0 Å². The zero-order chi connectivity index (χ0) is 13.3. The molecule has 18 heavy (non-hydrogen) atoms. The Kier molecular flexibility index (Phi) is 3.36. The van der Waals surface area contributed by atoms with Crippen molar-refractivity contribution < 1.29 is 13.6 Å². The van der Waals surface area contributed by atoms with E-state index in [1.54, 1.807) is 11.9 Å². The van der Waals surface area contributed by atoms with Gasteiger partial charge in [0.25, 0.3) is 0 Å². The van der Waals surface area contributed by atoms with Crippen molar-refractivity contribution in [3.8, 4) is 0 Å². The average Bonchev–Trinajstić information content (AvgIpc) is 2.34. The number of halogens is 2. The van der Waals surface area contributed by atoms with Crippen LogP contribution >= 0.6 is 0 Å². The van der Waals surface area contributed by atoms with Gasteiger partial charge in [-0.05, 0) is 18.6 Å². The summed E-state index contributed by atoms with van der Waals surface area (Å²) in [7, 11) is 1.68. The fourth-order valence-corrected chi connectivity index (χ4v) is 2.05. The summed E-state index contributed by atoms with van der Waals surface area (Å²) in [6, 6.07) is 2.19. The summed E-state index contributed by atoms with van der Waals surface area (Å²) >= 11 is 0. The first kappa shape index (κ1) is 12.6. The number of nitrogens with zero attached hydrogens (tertiary/aromatic N) is 1. The molecular weight excluding hydrogens is 240 g/mol. The minimum absolute atomic E-state index is 0.0252. The minimum Gasteiger partial charge on any atom is -0.397 e. The lowest BCUT2D eigenvalue weighted by atomic mass is 10.0. The molecule has 1 heterocycles. The lowest BCUT2D eigenvalue weighted by Gasteiger charge is -2.31. The second-order valence-electron chi connectivity index (χ2n) is 4.48. The van der Waals surface area contributed by atoms with Gasteiger partial charge in [-0.25, -0.2) is 8.78 Å². The molecule has 1 fully saturated rings. The predicted octanol–water partition coefficient (Wildman–Crippen LogP) is 1.58. The molecule has 6 heteroatoms. The number of nitrogens with one attached hydrogen (secondary N) is 1. The highest BCUT2D eigenvalue weighted by atomic mass is 19.2.